The van der Waals surface area contributed by atoms with E-state index in [-0.39, 0.29) is 17.7 Å². The van der Waals surface area contributed by atoms with Crippen LogP contribution in [-0.4, -0.2) is 23.8 Å². The molecule has 0 aromatic heterocycles. The lowest BCUT2D eigenvalue weighted by molar-refractivity contribution is -0.122. The fraction of sp³-hybridized carbons (Fsp3) is 0.211. The first kappa shape index (κ1) is 19.7. The van der Waals surface area contributed by atoms with Crippen molar-refractivity contribution in [3.63, 3.8) is 0 Å². The van der Waals surface area contributed by atoms with Crippen molar-refractivity contribution in [2.24, 2.45) is 0 Å². The number of hydrogen-bond donors (Lipinski definition) is 3. The smallest absolute Gasteiger partial charge is 0.251 e. The summed E-state index contributed by atoms with van der Waals surface area (Å²) in [6.07, 6.45) is 0. The van der Waals surface area contributed by atoms with E-state index < -0.39 is 6.04 Å². The van der Waals surface area contributed by atoms with E-state index in [1.807, 2.05) is 12.1 Å². The van der Waals surface area contributed by atoms with Crippen molar-refractivity contribution in [3.8, 4) is 0 Å². The van der Waals surface area contributed by atoms with Gasteiger partial charge in [-0.25, -0.2) is 0 Å². The lowest BCUT2D eigenvalue weighted by atomic mass is 10.2. The number of halogens is 1. The zero-order valence-electron chi connectivity index (χ0n) is 14.5. The van der Waals surface area contributed by atoms with Crippen molar-refractivity contribution in [3.05, 3.63) is 64.1 Å². The van der Waals surface area contributed by atoms with Crippen molar-refractivity contribution in [2.75, 3.05) is 5.32 Å². The Labute approximate surface area is 160 Å². The molecule has 0 heterocycles. The number of carbonyl (C=O) groups is 3. The summed E-state index contributed by atoms with van der Waals surface area (Å²) < 4.78 is 0.879. The van der Waals surface area contributed by atoms with Crippen LogP contribution in [0.2, 0.25) is 0 Å². The summed E-state index contributed by atoms with van der Waals surface area (Å²) in [6, 6.07) is 13.4. The number of hydrogen-bond acceptors (Lipinski definition) is 3. The summed E-state index contributed by atoms with van der Waals surface area (Å²) >= 11 is 3.31. The minimum absolute atomic E-state index is 0.138. The monoisotopic (exact) mass is 417 g/mol. The summed E-state index contributed by atoms with van der Waals surface area (Å²) in [7, 11) is 0. The van der Waals surface area contributed by atoms with Crippen LogP contribution in [0.1, 0.15) is 29.8 Å². The highest BCUT2D eigenvalue weighted by Crippen LogP contribution is 2.11. The van der Waals surface area contributed by atoms with Crippen LogP contribution in [0.4, 0.5) is 5.69 Å². The number of amides is 3. The molecule has 1 atom stereocenters. The van der Waals surface area contributed by atoms with Gasteiger partial charge < -0.3 is 16.0 Å². The maximum atomic E-state index is 12.2. The second-order valence-corrected chi connectivity index (χ2v) is 6.71. The fourth-order valence-corrected chi connectivity index (χ4v) is 2.46. The van der Waals surface area contributed by atoms with Gasteiger partial charge in [-0.15, -0.1) is 0 Å². The molecule has 0 radical (unpaired) electrons. The van der Waals surface area contributed by atoms with Crippen LogP contribution in [0.25, 0.3) is 0 Å². The SMILES string of the molecule is CC(=O)Nc1ccc(CNC(=O)C(C)NC(=O)c2ccc(Br)cc2)cc1. The molecule has 0 fully saturated rings. The quantitative estimate of drug-likeness (QED) is 0.674. The summed E-state index contributed by atoms with van der Waals surface area (Å²) in [6.45, 7) is 3.40. The first-order chi connectivity index (χ1) is 12.3. The van der Waals surface area contributed by atoms with Crippen LogP contribution in [-0.2, 0) is 16.1 Å². The van der Waals surface area contributed by atoms with Crippen molar-refractivity contribution < 1.29 is 14.4 Å². The molecule has 0 saturated carbocycles. The van der Waals surface area contributed by atoms with E-state index in [2.05, 4.69) is 31.9 Å². The molecule has 0 aliphatic rings. The Morgan fingerprint density at radius 1 is 1.00 bits per heavy atom. The van der Waals surface area contributed by atoms with Gasteiger partial charge in [-0.1, -0.05) is 28.1 Å². The van der Waals surface area contributed by atoms with E-state index in [4.69, 9.17) is 0 Å². The molecule has 136 valence electrons. The molecular formula is C19H20BrN3O3. The predicted octanol–water partition coefficient (Wildman–Crippen LogP) is 2.84. The van der Waals surface area contributed by atoms with Crippen LogP contribution in [0.5, 0.6) is 0 Å². The minimum atomic E-state index is -0.662. The molecule has 3 N–H and O–H groups in total. The van der Waals surface area contributed by atoms with Crippen molar-refractivity contribution in [1.29, 1.82) is 0 Å². The molecule has 0 aliphatic heterocycles. The molecule has 0 aliphatic carbocycles. The topological polar surface area (TPSA) is 87.3 Å². The Hall–Kier alpha value is -2.67. The van der Waals surface area contributed by atoms with Crippen molar-refractivity contribution in [2.45, 2.75) is 26.4 Å². The van der Waals surface area contributed by atoms with Gasteiger partial charge in [0.2, 0.25) is 11.8 Å². The molecule has 2 rings (SSSR count). The molecule has 0 saturated heterocycles. The lowest BCUT2D eigenvalue weighted by Crippen LogP contribution is -2.44. The van der Waals surface area contributed by atoms with Crippen molar-refractivity contribution in [1.82, 2.24) is 10.6 Å². The van der Waals surface area contributed by atoms with Crippen LogP contribution < -0.4 is 16.0 Å². The van der Waals surface area contributed by atoms with Gasteiger partial charge in [-0.3, -0.25) is 14.4 Å². The second-order valence-electron chi connectivity index (χ2n) is 5.80. The largest absolute Gasteiger partial charge is 0.350 e. The Bertz CT molecular complexity index is 789. The van der Waals surface area contributed by atoms with E-state index in [0.717, 1.165) is 10.0 Å². The number of anilines is 1. The normalized spacial score (nSPS) is 11.3. The van der Waals surface area contributed by atoms with E-state index in [0.29, 0.717) is 17.8 Å². The molecule has 26 heavy (non-hydrogen) atoms. The number of rotatable bonds is 6. The van der Waals surface area contributed by atoms with Gasteiger partial charge in [0.15, 0.2) is 0 Å². The van der Waals surface area contributed by atoms with Gasteiger partial charge in [0.25, 0.3) is 5.91 Å². The highest BCUT2D eigenvalue weighted by atomic mass is 79.9. The third-order valence-electron chi connectivity index (χ3n) is 3.59. The van der Waals surface area contributed by atoms with Crippen LogP contribution in [0, 0.1) is 0 Å². The summed E-state index contributed by atoms with van der Waals surface area (Å²) in [5.74, 6) is -0.720. The Kier molecular flexibility index (Phi) is 6.91. The molecule has 6 nitrogen and oxygen atoms in total. The summed E-state index contributed by atoms with van der Waals surface area (Å²) in [5.41, 5.74) is 2.07. The molecule has 0 bridgehead atoms. The van der Waals surface area contributed by atoms with E-state index in [9.17, 15) is 14.4 Å². The highest BCUT2D eigenvalue weighted by Gasteiger charge is 2.16. The molecule has 2 aromatic carbocycles. The molecule has 3 amide bonds. The van der Waals surface area contributed by atoms with Gasteiger partial charge in [0, 0.05) is 29.2 Å². The van der Waals surface area contributed by atoms with Gasteiger partial charge in [0.05, 0.1) is 0 Å². The van der Waals surface area contributed by atoms with E-state index in [1.165, 1.54) is 6.92 Å². The number of benzene rings is 2. The van der Waals surface area contributed by atoms with Crippen LogP contribution >= 0.6 is 15.9 Å². The third-order valence-corrected chi connectivity index (χ3v) is 4.12. The average Bonchev–Trinajstić information content (AvgIpc) is 2.60. The molecular weight excluding hydrogens is 398 g/mol. The zero-order chi connectivity index (χ0) is 19.1. The molecule has 2 aromatic rings. The second kappa shape index (κ2) is 9.15. The molecule has 0 spiro atoms. The maximum Gasteiger partial charge on any atom is 0.251 e. The Balaban J connectivity index is 1.83. The van der Waals surface area contributed by atoms with Gasteiger partial charge in [-0.2, -0.15) is 0 Å². The number of carbonyl (C=O) groups excluding carboxylic acids is 3. The fourth-order valence-electron chi connectivity index (χ4n) is 2.20. The number of nitrogens with one attached hydrogen (secondary N) is 3. The van der Waals surface area contributed by atoms with Gasteiger partial charge in [0.1, 0.15) is 6.04 Å². The molecule has 7 heteroatoms. The Morgan fingerprint density at radius 2 is 1.62 bits per heavy atom. The third kappa shape index (κ3) is 6.00. The lowest BCUT2D eigenvalue weighted by Gasteiger charge is -2.14. The highest BCUT2D eigenvalue weighted by molar-refractivity contribution is 9.10. The first-order valence-electron chi connectivity index (χ1n) is 8.06. The van der Waals surface area contributed by atoms with Crippen LogP contribution in [0.3, 0.4) is 0 Å². The average molecular weight is 418 g/mol. The standard InChI is InChI=1S/C19H20BrN3O3/c1-12(22-19(26)15-5-7-16(20)8-6-15)18(25)21-11-14-3-9-17(10-4-14)23-13(2)24/h3-10,12H,11H2,1-2H3,(H,21,25)(H,22,26)(H,23,24). The summed E-state index contributed by atoms with van der Waals surface area (Å²) in [5, 5.41) is 8.12. The predicted molar refractivity (Wildman–Crippen MR) is 104 cm³/mol. The van der Waals surface area contributed by atoms with Crippen molar-refractivity contribution >= 4 is 39.3 Å². The van der Waals surface area contributed by atoms with E-state index >= 15 is 0 Å². The maximum absolute atomic E-state index is 12.2. The molecule has 1 unspecified atom stereocenters. The van der Waals surface area contributed by atoms with Gasteiger partial charge in [-0.05, 0) is 48.9 Å². The Morgan fingerprint density at radius 3 is 2.19 bits per heavy atom. The van der Waals surface area contributed by atoms with Crippen LogP contribution in [0.15, 0.2) is 53.0 Å². The van der Waals surface area contributed by atoms with Gasteiger partial charge >= 0.3 is 0 Å². The van der Waals surface area contributed by atoms with E-state index in [1.54, 1.807) is 43.3 Å². The minimum Gasteiger partial charge on any atom is -0.350 e. The summed E-state index contributed by atoms with van der Waals surface area (Å²) in [4.78, 5) is 35.3. The first-order valence-corrected chi connectivity index (χ1v) is 8.85. The zero-order valence-corrected chi connectivity index (χ0v) is 16.1.